The number of piperidine rings is 1. The smallest absolute Gasteiger partial charge is 0.0970 e. The lowest BCUT2D eigenvalue weighted by Gasteiger charge is -2.36. The van der Waals surface area contributed by atoms with Crippen molar-refractivity contribution in [1.82, 2.24) is 19.7 Å². The number of piperazine rings is 1. The van der Waals surface area contributed by atoms with Crippen LogP contribution in [0.5, 0.6) is 0 Å². The van der Waals surface area contributed by atoms with E-state index in [1.807, 2.05) is 11.8 Å². The molecule has 2 aromatic carbocycles. The minimum Gasteiger partial charge on any atom is -0.303 e. The first-order chi connectivity index (χ1) is 16.3. The molecule has 2 saturated heterocycles. The molecule has 0 atom stereocenters. The van der Waals surface area contributed by atoms with Gasteiger partial charge in [0.2, 0.25) is 0 Å². The molecule has 5 heteroatoms. The summed E-state index contributed by atoms with van der Waals surface area (Å²) >= 11 is 1.98. The Morgan fingerprint density at radius 1 is 0.697 bits per heavy atom. The second kappa shape index (κ2) is 11.5. The zero-order chi connectivity index (χ0) is 22.3. The highest BCUT2D eigenvalue weighted by atomic mass is 32.2. The summed E-state index contributed by atoms with van der Waals surface area (Å²) in [4.78, 5) is 12.8. The van der Waals surface area contributed by atoms with Crippen LogP contribution in [0.25, 0.3) is 10.9 Å². The van der Waals surface area contributed by atoms with Crippen molar-refractivity contribution in [2.24, 2.45) is 0 Å². The second-order valence-electron chi connectivity index (χ2n) is 9.46. The number of aromatic nitrogens is 1. The fourth-order valence-electron chi connectivity index (χ4n) is 5.07. The normalized spacial score (nSPS) is 19.3. The molecule has 0 saturated carbocycles. The quantitative estimate of drug-likeness (QED) is 0.471. The van der Waals surface area contributed by atoms with Crippen molar-refractivity contribution < 1.29 is 0 Å². The third-order valence-corrected chi connectivity index (χ3v) is 8.33. The third kappa shape index (κ3) is 6.57. The van der Waals surface area contributed by atoms with Crippen LogP contribution < -0.4 is 0 Å². The van der Waals surface area contributed by atoms with E-state index in [1.165, 1.54) is 87.6 Å². The van der Waals surface area contributed by atoms with E-state index in [2.05, 4.69) is 81.4 Å². The van der Waals surface area contributed by atoms with Crippen molar-refractivity contribution in [3.63, 3.8) is 0 Å². The van der Waals surface area contributed by atoms with E-state index in [1.54, 1.807) is 0 Å². The molecule has 0 bridgehead atoms. The third-order valence-electron chi connectivity index (χ3n) is 7.06. The van der Waals surface area contributed by atoms with Crippen molar-refractivity contribution in [3.05, 3.63) is 72.3 Å². The summed E-state index contributed by atoms with van der Waals surface area (Å²) in [6.45, 7) is 10.9. The summed E-state index contributed by atoms with van der Waals surface area (Å²) in [6, 6.07) is 23.7. The maximum Gasteiger partial charge on any atom is 0.0970 e. The largest absolute Gasteiger partial charge is 0.303 e. The van der Waals surface area contributed by atoms with Crippen LogP contribution >= 0.6 is 11.8 Å². The maximum absolute atomic E-state index is 4.86. The van der Waals surface area contributed by atoms with Crippen molar-refractivity contribution >= 4 is 22.7 Å². The summed E-state index contributed by atoms with van der Waals surface area (Å²) in [5.41, 5.74) is 2.55. The molecule has 174 valence electrons. The zero-order valence-corrected chi connectivity index (χ0v) is 20.4. The fraction of sp³-hybridized carbons (Fsp3) is 0.464. The number of para-hydroxylation sites is 1. The predicted molar refractivity (Wildman–Crippen MR) is 140 cm³/mol. The van der Waals surface area contributed by atoms with Gasteiger partial charge in [0, 0.05) is 43.4 Å². The number of likely N-dealkylation sites (tertiary alicyclic amines) is 1. The Morgan fingerprint density at radius 2 is 1.36 bits per heavy atom. The highest BCUT2D eigenvalue weighted by Gasteiger charge is 2.21. The molecule has 3 aromatic rings. The number of thioether (sulfide) groups is 1. The van der Waals surface area contributed by atoms with E-state index in [0.29, 0.717) is 5.25 Å². The van der Waals surface area contributed by atoms with Crippen LogP contribution in [0, 0.1) is 0 Å². The maximum atomic E-state index is 4.86. The lowest BCUT2D eigenvalue weighted by atomic mass is 10.1. The fourth-order valence-corrected chi connectivity index (χ4v) is 6.15. The van der Waals surface area contributed by atoms with Gasteiger partial charge in [0.05, 0.1) is 10.5 Å². The summed E-state index contributed by atoms with van der Waals surface area (Å²) in [5, 5.41) is 3.11. The van der Waals surface area contributed by atoms with Gasteiger partial charge in [-0.3, -0.25) is 4.90 Å². The van der Waals surface area contributed by atoms with Crippen LogP contribution in [0.3, 0.4) is 0 Å². The van der Waals surface area contributed by atoms with E-state index in [4.69, 9.17) is 4.98 Å². The van der Waals surface area contributed by atoms with E-state index >= 15 is 0 Å². The van der Waals surface area contributed by atoms with Gasteiger partial charge in [-0.2, -0.15) is 0 Å². The Balaban J connectivity index is 0.973. The van der Waals surface area contributed by atoms with Gasteiger partial charge < -0.3 is 9.80 Å². The van der Waals surface area contributed by atoms with Crippen molar-refractivity contribution in [3.8, 4) is 0 Å². The standard InChI is InChI=1S/C28H36N4S/c1-2-7-24(8-3-1)23-32-21-19-31(20-22-32)16-6-15-30-17-13-26(14-18-30)33-28-12-11-25-9-4-5-10-27(25)29-28/h1-5,7-12,26H,6,13-23H2. The Hall–Kier alpha value is -1.92. The number of pyridine rings is 1. The number of nitrogens with zero attached hydrogens (tertiary/aromatic N) is 4. The van der Waals surface area contributed by atoms with Crippen molar-refractivity contribution in [2.45, 2.75) is 36.1 Å². The van der Waals surface area contributed by atoms with Gasteiger partial charge in [-0.05, 0) is 63.1 Å². The minimum absolute atomic E-state index is 0.701. The molecule has 5 rings (SSSR count). The molecule has 0 amide bonds. The summed E-state index contributed by atoms with van der Waals surface area (Å²) in [7, 11) is 0. The van der Waals surface area contributed by atoms with Crippen LogP contribution in [0.2, 0.25) is 0 Å². The molecular weight excluding hydrogens is 424 g/mol. The molecule has 1 aromatic heterocycles. The highest BCUT2D eigenvalue weighted by Crippen LogP contribution is 2.30. The molecule has 0 aliphatic carbocycles. The molecule has 3 heterocycles. The lowest BCUT2D eigenvalue weighted by molar-refractivity contribution is 0.120. The predicted octanol–water partition coefficient (Wildman–Crippen LogP) is 5.00. The van der Waals surface area contributed by atoms with E-state index in [0.717, 1.165) is 12.1 Å². The van der Waals surface area contributed by atoms with Gasteiger partial charge in [-0.25, -0.2) is 4.98 Å². The molecule has 33 heavy (non-hydrogen) atoms. The summed E-state index contributed by atoms with van der Waals surface area (Å²) in [5.74, 6) is 0. The average Bonchev–Trinajstić information content (AvgIpc) is 2.87. The van der Waals surface area contributed by atoms with Crippen molar-refractivity contribution in [2.75, 3.05) is 52.4 Å². The lowest BCUT2D eigenvalue weighted by Crippen LogP contribution is -2.46. The molecule has 0 unspecified atom stereocenters. The molecule has 2 fully saturated rings. The number of benzene rings is 2. The molecular formula is C28H36N4S. The Kier molecular flexibility index (Phi) is 7.95. The van der Waals surface area contributed by atoms with E-state index < -0.39 is 0 Å². The number of fused-ring (bicyclic) bond motifs is 1. The average molecular weight is 461 g/mol. The number of hydrogen-bond acceptors (Lipinski definition) is 5. The molecule has 0 N–H and O–H groups in total. The minimum atomic E-state index is 0.701. The first-order valence-corrected chi connectivity index (χ1v) is 13.4. The van der Waals surface area contributed by atoms with Gasteiger partial charge in [0.1, 0.15) is 0 Å². The van der Waals surface area contributed by atoms with E-state index in [-0.39, 0.29) is 0 Å². The molecule has 4 nitrogen and oxygen atoms in total. The van der Waals surface area contributed by atoms with Crippen molar-refractivity contribution in [1.29, 1.82) is 0 Å². The summed E-state index contributed by atoms with van der Waals surface area (Å²) in [6.07, 6.45) is 3.84. The summed E-state index contributed by atoms with van der Waals surface area (Å²) < 4.78 is 0. The monoisotopic (exact) mass is 460 g/mol. The van der Waals surface area contributed by atoms with Gasteiger partial charge >= 0.3 is 0 Å². The van der Waals surface area contributed by atoms with Gasteiger partial charge in [0.25, 0.3) is 0 Å². The number of hydrogen-bond donors (Lipinski definition) is 0. The second-order valence-corrected chi connectivity index (χ2v) is 10.8. The van der Waals surface area contributed by atoms with Gasteiger partial charge in [0.15, 0.2) is 0 Å². The molecule has 2 aliphatic heterocycles. The number of rotatable bonds is 8. The molecule has 0 spiro atoms. The SMILES string of the molecule is c1ccc(CN2CCN(CCCN3CCC(Sc4ccc5ccccc5n4)CC3)CC2)cc1. The van der Waals surface area contributed by atoms with E-state index in [9.17, 15) is 0 Å². The first-order valence-electron chi connectivity index (χ1n) is 12.6. The molecule has 2 aliphatic rings. The topological polar surface area (TPSA) is 22.6 Å². The van der Waals surface area contributed by atoms with Gasteiger partial charge in [-0.1, -0.05) is 54.6 Å². The van der Waals surface area contributed by atoms with Crippen LogP contribution in [0.1, 0.15) is 24.8 Å². The zero-order valence-electron chi connectivity index (χ0n) is 19.6. The van der Waals surface area contributed by atoms with Gasteiger partial charge in [-0.15, -0.1) is 11.8 Å². The van der Waals surface area contributed by atoms with Crippen LogP contribution in [0.15, 0.2) is 71.8 Å². The highest BCUT2D eigenvalue weighted by molar-refractivity contribution is 7.99. The molecule has 0 radical (unpaired) electrons. The first kappa shape index (κ1) is 22.9. The Morgan fingerprint density at radius 3 is 2.15 bits per heavy atom. The Labute approximate surface area is 203 Å². The Bertz CT molecular complexity index is 995. The van der Waals surface area contributed by atoms with Crippen LogP contribution in [-0.4, -0.2) is 77.3 Å². The van der Waals surface area contributed by atoms with Crippen LogP contribution in [0.4, 0.5) is 0 Å². The van der Waals surface area contributed by atoms with Crippen LogP contribution in [-0.2, 0) is 6.54 Å².